The second kappa shape index (κ2) is 5.74. The number of hydrogen-bond donors (Lipinski definition) is 1. The maximum atomic E-state index is 3.62. The van der Waals surface area contributed by atoms with Crippen molar-refractivity contribution >= 4 is 11.9 Å². The molecule has 2 atom stereocenters. The molecule has 0 bridgehead atoms. The van der Waals surface area contributed by atoms with Gasteiger partial charge in [0, 0.05) is 10.9 Å². The molecule has 0 aromatic heterocycles. The highest BCUT2D eigenvalue weighted by atomic mass is 32.2. The van der Waals surface area contributed by atoms with Crippen molar-refractivity contribution in [1.29, 1.82) is 0 Å². The molecule has 88 valence electrons. The van der Waals surface area contributed by atoms with Crippen LogP contribution in [0, 0.1) is 12.8 Å². The molecular formula is C14H21NS. The summed E-state index contributed by atoms with van der Waals surface area (Å²) in [7, 11) is 0. The zero-order valence-corrected chi connectivity index (χ0v) is 11.0. The molecule has 0 unspecified atom stereocenters. The summed E-state index contributed by atoms with van der Waals surface area (Å²) in [6.07, 6.45) is 5.51. The number of benzene rings is 1. The lowest BCUT2D eigenvalue weighted by atomic mass is 9.87. The van der Waals surface area contributed by atoms with Crippen LogP contribution in [-0.2, 0) is 0 Å². The van der Waals surface area contributed by atoms with E-state index in [1.54, 1.807) is 11.9 Å². The molecule has 0 heterocycles. The van der Waals surface area contributed by atoms with E-state index in [9.17, 15) is 0 Å². The first-order valence-electron chi connectivity index (χ1n) is 6.25. The Hall–Kier alpha value is -0.470. The van der Waals surface area contributed by atoms with Gasteiger partial charge < -0.3 is 0 Å². The van der Waals surface area contributed by atoms with Gasteiger partial charge >= 0.3 is 0 Å². The molecule has 0 radical (unpaired) electrons. The first kappa shape index (κ1) is 12.0. The Morgan fingerprint density at radius 1 is 1.12 bits per heavy atom. The lowest BCUT2D eigenvalue weighted by Gasteiger charge is -2.29. The molecule has 0 aliphatic heterocycles. The molecular weight excluding hydrogens is 214 g/mol. The monoisotopic (exact) mass is 235 g/mol. The van der Waals surface area contributed by atoms with E-state index in [0.29, 0.717) is 6.04 Å². The lowest BCUT2D eigenvalue weighted by molar-refractivity contribution is 0.316. The van der Waals surface area contributed by atoms with Crippen molar-refractivity contribution in [2.75, 3.05) is 0 Å². The third-order valence-electron chi connectivity index (χ3n) is 3.46. The van der Waals surface area contributed by atoms with Gasteiger partial charge in [-0.1, -0.05) is 37.5 Å². The van der Waals surface area contributed by atoms with Crippen molar-refractivity contribution in [2.24, 2.45) is 5.92 Å². The molecule has 1 aromatic rings. The van der Waals surface area contributed by atoms with E-state index >= 15 is 0 Å². The standard InChI is InChI=1S/C14H21NS/c1-11-7-9-13(10-8-11)16-15-14-6-4-3-5-12(14)2/h7-10,12,14-15H,3-6H2,1-2H3/t12-,14-/m0/s1. The van der Waals surface area contributed by atoms with E-state index in [4.69, 9.17) is 0 Å². The predicted octanol–water partition coefficient (Wildman–Crippen LogP) is 4.17. The van der Waals surface area contributed by atoms with E-state index in [0.717, 1.165) is 5.92 Å². The van der Waals surface area contributed by atoms with E-state index in [2.05, 4.69) is 42.8 Å². The lowest BCUT2D eigenvalue weighted by Crippen LogP contribution is -2.32. The van der Waals surface area contributed by atoms with Gasteiger partial charge in [-0.15, -0.1) is 0 Å². The van der Waals surface area contributed by atoms with Crippen LogP contribution in [0.2, 0.25) is 0 Å². The van der Waals surface area contributed by atoms with Crippen LogP contribution >= 0.6 is 11.9 Å². The molecule has 1 nitrogen and oxygen atoms in total. The smallest absolute Gasteiger partial charge is 0.0228 e. The SMILES string of the molecule is Cc1ccc(SN[C@H]2CCCC[C@@H]2C)cc1. The fraction of sp³-hybridized carbons (Fsp3) is 0.571. The molecule has 1 aromatic carbocycles. The highest BCUT2D eigenvalue weighted by Gasteiger charge is 2.20. The molecule has 0 saturated heterocycles. The number of hydrogen-bond acceptors (Lipinski definition) is 2. The molecule has 16 heavy (non-hydrogen) atoms. The van der Waals surface area contributed by atoms with Crippen LogP contribution < -0.4 is 4.72 Å². The van der Waals surface area contributed by atoms with Crippen molar-refractivity contribution in [3.63, 3.8) is 0 Å². The normalized spacial score (nSPS) is 25.6. The van der Waals surface area contributed by atoms with Crippen molar-refractivity contribution in [3.05, 3.63) is 29.8 Å². The third kappa shape index (κ3) is 3.26. The Morgan fingerprint density at radius 3 is 2.50 bits per heavy atom. The zero-order chi connectivity index (χ0) is 11.4. The first-order chi connectivity index (χ1) is 7.75. The topological polar surface area (TPSA) is 12.0 Å². The Kier molecular flexibility index (Phi) is 4.30. The molecule has 1 aliphatic carbocycles. The summed E-state index contributed by atoms with van der Waals surface area (Å²) in [4.78, 5) is 1.32. The van der Waals surface area contributed by atoms with Crippen molar-refractivity contribution in [1.82, 2.24) is 4.72 Å². The van der Waals surface area contributed by atoms with Crippen LogP contribution in [-0.4, -0.2) is 6.04 Å². The van der Waals surface area contributed by atoms with Crippen LogP contribution in [0.4, 0.5) is 0 Å². The summed E-state index contributed by atoms with van der Waals surface area (Å²) in [5, 5.41) is 0. The number of nitrogens with one attached hydrogen (secondary N) is 1. The van der Waals surface area contributed by atoms with E-state index in [-0.39, 0.29) is 0 Å². The molecule has 2 rings (SSSR count). The largest absolute Gasteiger partial charge is 0.257 e. The number of rotatable bonds is 3. The maximum Gasteiger partial charge on any atom is 0.0228 e. The fourth-order valence-electron chi connectivity index (χ4n) is 2.24. The van der Waals surface area contributed by atoms with Gasteiger partial charge in [0.25, 0.3) is 0 Å². The Bertz CT molecular complexity index is 320. The third-order valence-corrected chi connectivity index (χ3v) is 4.39. The molecule has 1 aliphatic rings. The van der Waals surface area contributed by atoms with Gasteiger partial charge in [-0.05, 0) is 49.8 Å². The predicted molar refractivity (Wildman–Crippen MR) is 71.6 cm³/mol. The van der Waals surface area contributed by atoms with Crippen molar-refractivity contribution in [3.8, 4) is 0 Å². The van der Waals surface area contributed by atoms with Crippen LogP contribution in [0.15, 0.2) is 29.2 Å². The van der Waals surface area contributed by atoms with Gasteiger partial charge in [-0.2, -0.15) is 0 Å². The highest BCUT2D eigenvalue weighted by molar-refractivity contribution is 7.97. The Labute approximate surface area is 103 Å². The minimum Gasteiger partial charge on any atom is -0.257 e. The van der Waals surface area contributed by atoms with Crippen molar-refractivity contribution < 1.29 is 0 Å². The molecule has 1 N–H and O–H groups in total. The van der Waals surface area contributed by atoms with Gasteiger partial charge in [0.1, 0.15) is 0 Å². The molecule has 1 saturated carbocycles. The average molecular weight is 235 g/mol. The minimum atomic E-state index is 0.694. The highest BCUT2D eigenvalue weighted by Crippen LogP contribution is 2.26. The van der Waals surface area contributed by atoms with E-state index in [1.165, 1.54) is 36.1 Å². The average Bonchev–Trinajstić information content (AvgIpc) is 2.30. The number of aryl methyl sites for hydroxylation is 1. The quantitative estimate of drug-likeness (QED) is 0.789. The zero-order valence-electron chi connectivity index (χ0n) is 10.2. The van der Waals surface area contributed by atoms with Gasteiger partial charge in [-0.25, -0.2) is 0 Å². The van der Waals surface area contributed by atoms with Crippen LogP contribution in [0.5, 0.6) is 0 Å². The molecule has 2 heteroatoms. The van der Waals surface area contributed by atoms with E-state index in [1.807, 2.05) is 0 Å². The first-order valence-corrected chi connectivity index (χ1v) is 7.06. The minimum absolute atomic E-state index is 0.694. The van der Waals surface area contributed by atoms with Gasteiger partial charge in [0.2, 0.25) is 0 Å². The van der Waals surface area contributed by atoms with Gasteiger partial charge in [0.05, 0.1) is 0 Å². The van der Waals surface area contributed by atoms with Crippen LogP contribution in [0.25, 0.3) is 0 Å². The Balaban J connectivity index is 1.84. The fourth-order valence-corrected chi connectivity index (χ4v) is 3.15. The second-order valence-corrected chi connectivity index (χ2v) is 5.81. The summed E-state index contributed by atoms with van der Waals surface area (Å²) < 4.78 is 3.62. The summed E-state index contributed by atoms with van der Waals surface area (Å²) in [5.74, 6) is 0.826. The summed E-state index contributed by atoms with van der Waals surface area (Å²) in [6, 6.07) is 9.43. The molecule has 0 spiro atoms. The molecule has 0 amide bonds. The maximum absolute atomic E-state index is 3.62. The van der Waals surface area contributed by atoms with Crippen molar-refractivity contribution in [2.45, 2.75) is 50.5 Å². The second-order valence-electron chi connectivity index (χ2n) is 4.90. The summed E-state index contributed by atoms with van der Waals surface area (Å²) in [5.41, 5.74) is 1.33. The summed E-state index contributed by atoms with van der Waals surface area (Å²) >= 11 is 1.79. The molecule has 1 fully saturated rings. The van der Waals surface area contributed by atoms with Crippen LogP contribution in [0.3, 0.4) is 0 Å². The van der Waals surface area contributed by atoms with E-state index < -0.39 is 0 Å². The van der Waals surface area contributed by atoms with Crippen LogP contribution in [0.1, 0.15) is 38.2 Å². The van der Waals surface area contributed by atoms with Gasteiger partial charge in [-0.3, -0.25) is 4.72 Å². The van der Waals surface area contributed by atoms with Gasteiger partial charge in [0.15, 0.2) is 0 Å². The Morgan fingerprint density at radius 2 is 1.81 bits per heavy atom. The summed E-state index contributed by atoms with van der Waals surface area (Å²) in [6.45, 7) is 4.50.